The van der Waals surface area contributed by atoms with Crippen molar-refractivity contribution < 1.29 is 4.74 Å². The minimum atomic E-state index is 0.500. The molecule has 5 heteroatoms. The molecule has 2 N–H and O–H groups in total. The number of rotatable bonds is 5. The first-order valence-corrected chi connectivity index (χ1v) is 6.44. The maximum Gasteiger partial charge on any atom is 0.201 e. The minimum absolute atomic E-state index is 0.500. The van der Waals surface area contributed by atoms with Crippen molar-refractivity contribution in [2.75, 3.05) is 18.9 Å². The topological polar surface area (TPSA) is 53.1 Å². The molecule has 1 aromatic heterocycles. The molecule has 1 aromatic carbocycles. The lowest BCUT2D eigenvalue weighted by molar-refractivity contribution is 0.104. The van der Waals surface area contributed by atoms with Crippen molar-refractivity contribution in [3.05, 3.63) is 23.2 Å². The number of ether oxygens (including phenoxy) is 1. The molecule has 0 saturated heterocycles. The van der Waals surface area contributed by atoms with Crippen molar-refractivity contribution in [1.29, 1.82) is 0 Å². The largest absolute Gasteiger partial charge is 0.379 e. The number of imidazole rings is 1. The van der Waals surface area contributed by atoms with E-state index in [2.05, 4.69) is 18.8 Å². The van der Waals surface area contributed by atoms with Gasteiger partial charge in [0.1, 0.15) is 0 Å². The fraction of sp³-hybridized carbons (Fsp3) is 0.462. The molecule has 98 valence electrons. The van der Waals surface area contributed by atoms with Crippen molar-refractivity contribution in [2.45, 2.75) is 20.4 Å². The second-order valence-electron chi connectivity index (χ2n) is 4.72. The molecule has 18 heavy (non-hydrogen) atoms. The standard InChI is InChI=1S/C13H18ClN3O/c1-9(2)8-18-6-5-17-12-7-10(14)3-4-11(12)16-13(17)15/h3-4,7,9H,5-6,8H2,1-2H3,(H2,15,16). The van der Waals surface area contributed by atoms with Crippen LogP contribution in [0.4, 0.5) is 5.95 Å². The predicted octanol–water partition coefficient (Wildman–Crippen LogP) is 2.94. The highest BCUT2D eigenvalue weighted by atomic mass is 35.5. The third-order valence-corrected chi connectivity index (χ3v) is 2.89. The van der Waals surface area contributed by atoms with E-state index in [1.807, 2.05) is 22.8 Å². The molecule has 1 heterocycles. The molecule has 0 spiro atoms. The highest BCUT2D eigenvalue weighted by Gasteiger charge is 2.08. The van der Waals surface area contributed by atoms with Crippen molar-refractivity contribution in [3.63, 3.8) is 0 Å². The number of fused-ring (bicyclic) bond motifs is 1. The summed E-state index contributed by atoms with van der Waals surface area (Å²) in [7, 11) is 0. The second kappa shape index (κ2) is 5.59. The minimum Gasteiger partial charge on any atom is -0.379 e. The molecule has 2 rings (SSSR count). The van der Waals surface area contributed by atoms with Gasteiger partial charge in [-0.15, -0.1) is 0 Å². The summed E-state index contributed by atoms with van der Waals surface area (Å²) in [5.41, 5.74) is 7.71. The van der Waals surface area contributed by atoms with Crippen molar-refractivity contribution in [3.8, 4) is 0 Å². The Labute approximate surface area is 112 Å². The number of hydrogen-bond donors (Lipinski definition) is 1. The molecular formula is C13H18ClN3O. The average molecular weight is 268 g/mol. The van der Waals surface area contributed by atoms with Crippen LogP contribution in [-0.2, 0) is 11.3 Å². The van der Waals surface area contributed by atoms with Gasteiger partial charge in [-0.25, -0.2) is 4.98 Å². The van der Waals surface area contributed by atoms with Gasteiger partial charge in [-0.1, -0.05) is 25.4 Å². The Kier molecular flexibility index (Phi) is 4.09. The van der Waals surface area contributed by atoms with E-state index in [0.717, 1.165) is 17.6 Å². The molecule has 4 nitrogen and oxygen atoms in total. The molecule has 0 saturated carbocycles. The van der Waals surface area contributed by atoms with Crippen LogP contribution in [0, 0.1) is 5.92 Å². The average Bonchev–Trinajstić information content (AvgIpc) is 2.60. The summed E-state index contributed by atoms with van der Waals surface area (Å²) in [6, 6.07) is 5.57. The number of nitrogens with zero attached hydrogens (tertiary/aromatic N) is 2. The van der Waals surface area contributed by atoms with E-state index >= 15 is 0 Å². The number of halogens is 1. The molecule has 0 amide bonds. The summed E-state index contributed by atoms with van der Waals surface area (Å²) in [6.45, 7) is 6.32. The Hall–Kier alpha value is -1.26. The van der Waals surface area contributed by atoms with Crippen molar-refractivity contribution >= 4 is 28.6 Å². The maximum atomic E-state index is 5.99. The van der Waals surface area contributed by atoms with Gasteiger partial charge in [0.25, 0.3) is 0 Å². The number of hydrogen-bond acceptors (Lipinski definition) is 3. The molecule has 0 fully saturated rings. The predicted molar refractivity (Wildman–Crippen MR) is 74.8 cm³/mol. The lowest BCUT2D eigenvalue weighted by Gasteiger charge is -2.09. The number of benzene rings is 1. The van der Waals surface area contributed by atoms with Crippen LogP contribution in [0.3, 0.4) is 0 Å². The molecule has 0 aliphatic rings. The van der Waals surface area contributed by atoms with Crippen molar-refractivity contribution in [1.82, 2.24) is 9.55 Å². The molecule has 2 aromatic rings. The van der Waals surface area contributed by atoms with Crippen LogP contribution in [-0.4, -0.2) is 22.8 Å². The summed E-state index contributed by atoms with van der Waals surface area (Å²) in [5, 5.41) is 0.687. The van der Waals surface area contributed by atoms with Gasteiger partial charge in [0.15, 0.2) is 0 Å². The monoisotopic (exact) mass is 267 g/mol. The summed E-state index contributed by atoms with van der Waals surface area (Å²) >= 11 is 5.99. The lowest BCUT2D eigenvalue weighted by Crippen LogP contribution is -2.11. The van der Waals surface area contributed by atoms with E-state index in [4.69, 9.17) is 22.1 Å². The van der Waals surface area contributed by atoms with Crippen molar-refractivity contribution in [2.24, 2.45) is 5.92 Å². The van der Waals surface area contributed by atoms with Crippen LogP contribution >= 0.6 is 11.6 Å². The van der Waals surface area contributed by atoms with E-state index in [0.29, 0.717) is 30.0 Å². The number of nitrogen functional groups attached to an aromatic ring is 1. The number of aromatic nitrogens is 2. The first kappa shape index (κ1) is 13.2. The second-order valence-corrected chi connectivity index (χ2v) is 5.16. The fourth-order valence-corrected chi connectivity index (χ4v) is 1.99. The van der Waals surface area contributed by atoms with Gasteiger partial charge in [-0.05, 0) is 24.1 Å². The van der Waals surface area contributed by atoms with Gasteiger partial charge < -0.3 is 15.0 Å². The zero-order valence-electron chi connectivity index (χ0n) is 10.7. The van der Waals surface area contributed by atoms with Crippen LogP contribution in [0.5, 0.6) is 0 Å². The molecule has 0 aliphatic heterocycles. The third-order valence-electron chi connectivity index (χ3n) is 2.65. The first-order valence-electron chi connectivity index (χ1n) is 6.07. The maximum absolute atomic E-state index is 5.99. The van der Waals surface area contributed by atoms with Crippen LogP contribution in [0.25, 0.3) is 11.0 Å². The molecular weight excluding hydrogens is 250 g/mol. The van der Waals surface area contributed by atoms with Gasteiger partial charge in [0.05, 0.1) is 17.6 Å². The van der Waals surface area contributed by atoms with Gasteiger partial charge in [0.2, 0.25) is 5.95 Å². The van der Waals surface area contributed by atoms with E-state index in [-0.39, 0.29) is 0 Å². The van der Waals surface area contributed by atoms with E-state index in [9.17, 15) is 0 Å². The normalized spacial score (nSPS) is 11.6. The molecule has 0 unspecified atom stereocenters. The van der Waals surface area contributed by atoms with E-state index in [1.54, 1.807) is 0 Å². The quantitative estimate of drug-likeness (QED) is 0.848. The zero-order valence-corrected chi connectivity index (χ0v) is 11.4. The fourth-order valence-electron chi connectivity index (χ4n) is 1.82. The Balaban J connectivity index is 2.12. The Morgan fingerprint density at radius 1 is 1.44 bits per heavy atom. The SMILES string of the molecule is CC(C)COCCn1c(N)nc2ccc(Cl)cc21. The zero-order chi connectivity index (χ0) is 13.1. The Morgan fingerprint density at radius 2 is 2.22 bits per heavy atom. The summed E-state index contributed by atoms with van der Waals surface area (Å²) in [6.07, 6.45) is 0. The Morgan fingerprint density at radius 3 is 2.94 bits per heavy atom. The van der Waals surface area contributed by atoms with Gasteiger partial charge in [-0.3, -0.25) is 0 Å². The molecule has 0 aliphatic carbocycles. The molecule has 0 bridgehead atoms. The van der Waals surface area contributed by atoms with Gasteiger partial charge >= 0.3 is 0 Å². The molecule has 0 atom stereocenters. The number of anilines is 1. The van der Waals surface area contributed by atoms with Crippen LogP contribution in [0.1, 0.15) is 13.8 Å². The molecule has 0 radical (unpaired) electrons. The van der Waals surface area contributed by atoms with E-state index < -0.39 is 0 Å². The Bertz CT molecular complexity index is 536. The first-order chi connectivity index (χ1) is 8.58. The number of nitrogens with two attached hydrogens (primary N) is 1. The highest BCUT2D eigenvalue weighted by molar-refractivity contribution is 6.31. The van der Waals surface area contributed by atoms with Crippen LogP contribution in [0.15, 0.2) is 18.2 Å². The van der Waals surface area contributed by atoms with Gasteiger partial charge in [0, 0.05) is 18.2 Å². The van der Waals surface area contributed by atoms with Gasteiger partial charge in [-0.2, -0.15) is 0 Å². The third kappa shape index (κ3) is 2.94. The summed E-state index contributed by atoms with van der Waals surface area (Å²) in [5.74, 6) is 1.04. The van der Waals surface area contributed by atoms with E-state index in [1.165, 1.54) is 0 Å². The summed E-state index contributed by atoms with van der Waals surface area (Å²) < 4.78 is 7.50. The highest BCUT2D eigenvalue weighted by Crippen LogP contribution is 2.21. The van der Waals surface area contributed by atoms with Crippen LogP contribution in [0.2, 0.25) is 5.02 Å². The van der Waals surface area contributed by atoms with Crippen LogP contribution < -0.4 is 5.73 Å². The summed E-state index contributed by atoms with van der Waals surface area (Å²) in [4.78, 5) is 4.29. The lowest BCUT2D eigenvalue weighted by atomic mass is 10.2. The smallest absolute Gasteiger partial charge is 0.201 e.